The Labute approximate surface area is 85.5 Å². The van der Waals surface area contributed by atoms with Crippen LogP contribution in [0.25, 0.3) is 0 Å². The van der Waals surface area contributed by atoms with Crippen LogP contribution in [0, 0.1) is 10.6 Å². The van der Waals surface area contributed by atoms with Gasteiger partial charge in [-0.25, -0.2) is 4.74 Å². The van der Waals surface area contributed by atoms with Gasteiger partial charge in [0.05, 0.1) is 0 Å². The lowest BCUT2D eigenvalue weighted by Gasteiger charge is -2.12. The van der Waals surface area contributed by atoms with Crippen molar-refractivity contribution in [3.8, 4) is 0 Å². The molecule has 0 unspecified atom stereocenters. The van der Waals surface area contributed by atoms with Crippen molar-refractivity contribution in [3.05, 3.63) is 41.1 Å². The van der Waals surface area contributed by atoms with Gasteiger partial charge in [-0.2, -0.15) is 0 Å². The van der Waals surface area contributed by atoms with Crippen molar-refractivity contribution in [2.45, 2.75) is 27.3 Å². The lowest BCUT2D eigenvalue weighted by atomic mass is 9.99. The molecule has 0 radical (unpaired) electrons. The van der Waals surface area contributed by atoms with Crippen LogP contribution >= 0.6 is 0 Å². The van der Waals surface area contributed by atoms with Gasteiger partial charge in [-0.3, -0.25) is 0 Å². The van der Waals surface area contributed by atoms with E-state index >= 15 is 0 Å². The average molecular weight is 191 g/mol. The van der Waals surface area contributed by atoms with Gasteiger partial charge in [0.25, 0.3) is 0 Å². The molecule has 0 aliphatic heterocycles. The molecule has 14 heavy (non-hydrogen) atoms. The summed E-state index contributed by atoms with van der Waals surface area (Å²) < 4.78 is 0.995. The molecule has 0 spiro atoms. The van der Waals surface area contributed by atoms with Gasteiger partial charge in [0.15, 0.2) is 12.8 Å². The van der Waals surface area contributed by atoms with Gasteiger partial charge in [0.2, 0.25) is 0 Å². The van der Waals surface area contributed by atoms with E-state index in [9.17, 15) is 5.21 Å². The van der Waals surface area contributed by atoms with Crippen molar-refractivity contribution >= 4 is 6.21 Å². The highest BCUT2D eigenvalue weighted by Gasteiger charge is 2.11. The molecule has 0 fully saturated rings. The van der Waals surface area contributed by atoms with Gasteiger partial charge in [-0.15, -0.1) is 0 Å². The minimum Gasteiger partial charge on any atom is -0.624 e. The average Bonchev–Trinajstić information content (AvgIpc) is 2.02. The SMILES string of the molecule is CC(C)(C)C=[N+]([O-])Cc1ccccc1. The molecule has 2 heteroatoms. The van der Waals surface area contributed by atoms with Crippen molar-refractivity contribution in [2.75, 3.05) is 0 Å². The van der Waals surface area contributed by atoms with Gasteiger partial charge in [-0.05, 0) is 0 Å². The highest BCUT2D eigenvalue weighted by atomic mass is 16.5. The molecule has 0 bridgehead atoms. The maximum Gasteiger partial charge on any atom is 0.178 e. The predicted octanol–water partition coefficient (Wildman–Crippen LogP) is 2.81. The van der Waals surface area contributed by atoms with Crippen LogP contribution in [0.4, 0.5) is 0 Å². The summed E-state index contributed by atoms with van der Waals surface area (Å²) in [5.74, 6) is 0. The van der Waals surface area contributed by atoms with Crippen LogP contribution in [-0.4, -0.2) is 11.0 Å². The number of hydroxylamine groups is 1. The fraction of sp³-hybridized carbons (Fsp3) is 0.417. The van der Waals surface area contributed by atoms with Crippen molar-refractivity contribution in [1.29, 1.82) is 0 Å². The molecular formula is C12H17NO. The van der Waals surface area contributed by atoms with E-state index in [2.05, 4.69) is 0 Å². The molecular weight excluding hydrogens is 174 g/mol. The zero-order valence-corrected chi connectivity index (χ0v) is 9.03. The first-order valence-corrected chi connectivity index (χ1v) is 4.81. The van der Waals surface area contributed by atoms with Crippen LogP contribution in [0.15, 0.2) is 30.3 Å². The summed E-state index contributed by atoms with van der Waals surface area (Å²) in [5.41, 5.74) is 0.985. The maximum absolute atomic E-state index is 11.5. The summed E-state index contributed by atoms with van der Waals surface area (Å²) in [7, 11) is 0. The van der Waals surface area contributed by atoms with Gasteiger partial charge >= 0.3 is 0 Å². The summed E-state index contributed by atoms with van der Waals surface area (Å²) in [6, 6.07) is 9.76. The topological polar surface area (TPSA) is 26.1 Å². The molecule has 0 aliphatic rings. The van der Waals surface area contributed by atoms with Gasteiger partial charge in [-0.1, -0.05) is 51.1 Å². The smallest absolute Gasteiger partial charge is 0.178 e. The van der Waals surface area contributed by atoms with Crippen molar-refractivity contribution in [3.63, 3.8) is 0 Å². The molecule has 0 amide bonds. The van der Waals surface area contributed by atoms with E-state index in [4.69, 9.17) is 0 Å². The number of hydrogen-bond acceptors (Lipinski definition) is 1. The molecule has 1 aromatic rings. The minimum atomic E-state index is -0.0590. The fourth-order valence-corrected chi connectivity index (χ4v) is 1.24. The summed E-state index contributed by atoms with van der Waals surface area (Å²) in [6.45, 7) is 6.48. The van der Waals surface area contributed by atoms with E-state index in [-0.39, 0.29) is 5.41 Å². The second-order valence-electron chi connectivity index (χ2n) is 4.56. The van der Waals surface area contributed by atoms with Crippen LogP contribution in [0.3, 0.4) is 0 Å². The normalized spacial score (nSPS) is 12.9. The van der Waals surface area contributed by atoms with E-state index in [0.29, 0.717) is 6.54 Å². The molecule has 0 heterocycles. The molecule has 0 N–H and O–H groups in total. The van der Waals surface area contributed by atoms with Gasteiger partial charge < -0.3 is 5.21 Å². The third kappa shape index (κ3) is 4.08. The maximum atomic E-state index is 11.5. The largest absolute Gasteiger partial charge is 0.624 e. The molecule has 1 aromatic carbocycles. The number of rotatable bonds is 2. The molecule has 2 nitrogen and oxygen atoms in total. The van der Waals surface area contributed by atoms with E-state index in [1.807, 2.05) is 51.1 Å². The summed E-state index contributed by atoms with van der Waals surface area (Å²) in [4.78, 5) is 0. The zero-order valence-electron chi connectivity index (χ0n) is 9.03. The van der Waals surface area contributed by atoms with Crippen molar-refractivity contribution < 1.29 is 4.74 Å². The Morgan fingerprint density at radius 2 is 1.79 bits per heavy atom. The van der Waals surface area contributed by atoms with E-state index in [1.54, 1.807) is 6.21 Å². The quantitative estimate of drug-likeness (QED) is 0.305. The first kappa shape index (κ1) is 10.8. The number of hydrogen-bond donors (Lipinski definition) is 0. The molecule has 0 aromatic heterocycles. The highest BCUT2D eigenvalue weighted by Crippen LogP contribution is 2.09. The van der Waals surface area contributed by atoms with Crippen molar-refractivity contribution in [2.24, 2.45) is 5.41 Å². The van der Waals surface area contributed by atoms with E-state index in [0.717, 1.165) is 10.3 Å². The van der Waals surface area contributed by atoms with Crippen LogP contribution in [0.1, 0.15) is 26.3 Å². The standard InChI is InChI=1S/C12H17NO/c1-12(2,3)10-13(14)9-11-7-5-4-6-8-11/h4-8,10H,9H2,1-3H3. The van der Waals surface area contributed by atoms with Gasteiger partial charge in [0, 0.05) is 11.0 Å². The molecule has 0 aliphatic carbocycles. The second-order valence-corrected chi connectivity index (χ2v) is 4.56. The van der Waals surface area contributed by atoms with Gasteiger partial charge in [0.1, 0.15) is 0 Å². The van der Waals surface area contributed by atoms with Crippen LogP contribution in [-0.2, 0) is 6.54 Å². The van der Waals surface area contributed by atoms with Crippen LogP contribution in [0.2, 0.25) is 0 Å². The molecule has 0 saturated carbocycles. The lowest BCUT2D eigenvalue weighted by molar-refractivity contribution is -0.473. The van der Waals surface area contributed by atoms with Crippen LogP contribution in [0.5, 0.6) is 0 Å². The third-order valence-electron chi connectivity index (χ3n) is 1.71. The summed E-state index contributed by atoms with van der Waals surface area (Å²) >= 11 is 0. The second kappa shape index (κ2) is 4.27. The minimum absolute atomic E-state index is 0.0590. The van der Waals surface area contributed by atoms with E-state index in [1.165, 1.54) is 0 Å². The monoisotopic (exact) mass is 191 g/mol. The fourth-order valence-electron chi connectivity index (χ4n) is 1.24. The Bertz CT molecular complexity index is 309. The van der Waals surface area contributed by atoms with Crippen LogP contribution < -0.4 is 0 Å². The summed E-state index contributed by atoms with van der Waals surface area (Å²) in [5, 5.41) is 11.5. The summed E-state index contributed by atoms with van der Waals surface area (Å²) in [6.07, 6.45) is 1.71. The zero-order chi connectivity index (χ0) is 10.6. The Morgan fingerprint density at radius 3 is 2.29 bits per heavy atom. The van der Waals surface area contributed by atoms with Crippen molar-refractivity contribution in [1.82, 2.24) is 0 Å². The number of benzene rings is 1. The third-order valence-corrected chi connectivity index (χ3v) is 1.71. The Morgan fingerprint density at radius 1 is 1.21 bits per heavy atom. The lowest BCUT2D eigenvalue weighted by Crippen LogP contribution is -2.16. The number of nitrogens with zero attached hydrogens (tertiary/aromatic N) is 1. The molecule has 0 saturated heterocycles. The molecule has 76 valence electrons. The Balaban J connectivity index is 2.67. The van der Waals surface area contributed by atoms with E-state index < -0.39 is 0 Å². The Hall–Kier alpha value is -1.31. The molecule has 0 atom stereocenters. The first-order chi connectivity index (χ1) is 6.47. The predicted molar refractivity (Wildman–Crippen MR) is 59.3 cm³/mol. The Kier molecular flexibility index (Phi) is 3.28. The highest BCUT2D eigenvalue weighted by molar-refractivity contribution is 5.58. The molecule has 1 rings (SSSR count). The first-order valence-electron chi connectivity index (χ1n) is 4.81.